The van der Waals surface area contributed by atoms with Gasteiger partial charge in [0, 0.05) is 11.3 Å². The first-order valence-corrected chi connectivity index (χ1v) is 8.42. The van der Waals surface area contributed by atoms with Gasteiger partial charge >= 0.3 is 0 Å². The van der Waals surface area contributed by atoms with E-state index in [-0.39, 0.29) is 16.9 Å². The molecule has 1 aromatic heterocycles. The monoisotopic (exact) mass is 288 g/mol. The van der Waals surface area contributed by atoms with Gasteiger partial charge in [-0.25, -0.2) is 23.1 Å². The molecule has 0 radical (unpaired) electrons. The van der Waals surface area contributed by atoms with Crippen molar-refractivity contribution in [3.63, 3.8) is 0 Å². The van der Waals surface area contributed by atoms with Crippen LogP contribution in [0.1, 0.15) is 19.3 Å². The van der Waals surface area contributed by atoms with Crippen molar-refractivity contribution in [3.8, 4) is 0 Å². The van der Waals surface area contributed by atoms with E-state index in [0.29, 0.717) is 5.25 Å². The molecule has 0 spiro atoms. The Morgan fingerprint density at radius 3 is 2.67 bits per heavy atom. The fraction of sp³-hybridized carbons (Fsp3) is 0.600. The summed E-state index contributed by atoms with van der Waals surface area (Å²) in [4.78, 5) is 7.46. The number of hydrogen-bond acceptors (Lipinski definition) is 6. The average Bonchev–Trinajstić information content (AvgIpc) is 2.76. The lowest BCUT2D eigenvalue weighted by molar-refractivity contribution is 0.554. The van der Waals surface area contributed by atoms with E-state index >= 15 is 0 Å². The zero-order valence-electron chi connectivity index (χ0n) is 10.0. The summed E-state index contributed by atoms with van der Waals surface area (Å²) in [5, 5.41) is 0.342. The first-order chi connectivity index (χ1) is 8.53. The molecule has 1 aliphatic rings. The third-order valence-electron chi connectivity index (χ3n) is 3.02. The highest BCUT2D eigenvalue weighted by atomic mass is 32.2. The van der Waals surface area contributed by atoms with Crippen LogP contribution in [0, 0.1) is 0 Å². The van der Waals surface area contributed by atoms with Crippen LogP contribution < -0.4 is 10.5 Å². The number of anilines is 1. The molecular weight excluding hydrogens is 272 g/mol. The van der Waals surface area contributed by atoms with Crippen molar-refractivity contribution in [2.75, 3.05) is 12.0 Å². The zero-order chi connectivity index (χ0) is 13.2. The van der Waals surface area contributed by atoms with Crippen molar-refractivity contribution < 1.29 is 8.42 Å². The van der Waals surface area contributed by atoms with Gasteiger partial charge in [-0.1, -0.05) is 6.42 Å². The van der Waals surface area contributed by atoms with Crippen molar-refractivity contribution in [2.45, 2.75) is 35.4 Å². The van der Waals surface area contributed by atoms with Crippen LogP contribution in [-0.2, 0) is 10.0 Å². The van der Waals surface area contributed by atoms with Crippen LogP contribution in [0.15, 0.2) is 17.3 Å². The lowest BCUT2D eigenvalue weighted by Crippen LogP contribution is -2.38. The summed E-state index contributed by atoms with van der Waals surface area (Å²) in [7, 11) is -3.55. The number of nitrogen functional groups attached to an aromatic ring is 1. The van der Waals surface area contributed by atoms with Crippen molar-refractivity contribution in [3.05, 3.63) is 12.4 Å². The summed E-state index contributed by atoms with van der Waals surface area (Å²) in [5.74, 6) is 0.0665. The van der Waals surface area contributed by atoms with Gasteiger partial charge in [-0.3, -0.25) is 0 Å². The van der Waals surface area contributed by atoms with Crippen molar-refractivity contribution in [2.24, 2.45) is 0 Å². The second-order valence-corrected chi connectivity index (χ2v) is 7.00. The van der Waals surface area contributed by atoms with Crippen LogP contribution in [0.25, 0.3) is 0 Å². The molecular formula is C10H16N4O2S2. The standard InChI is InChI=1S/C10H16N4O2S2/c1-17-9-4-2-3-8(9)14-18(15,16)7-5-12-10(11)13-6-7/h5-6,8-9,14H,2-4H2,1H3,(H2,11,12,13). The quantitative estimate of drug-likeness (QED) is 0.843. The highest BCUT2D eigenvalue weighted by molar-refractivity contribution is 7.99. The van der Waals surface area contributed by atoms with Gasteiger partial charge in [0.2, 0.25) is 16.0 Å². The minimum atomic E-state index is -3.55. The van der Waals surface area contributed by atoms with Gasteiger partial charge in [0.15, 0.2) is 0 Å². The summed E-state index contributed by atoms with van der Waals surface area (Å²) in [6.07, 6.45) is 7.44. The van der Waals surface area contributed by atoms with Gasteiger partial charge in [0.1, 0.15) is 4.90 Å². The summed E-state index contributed by atoms with van der Waals surface area (Å²) in [6.45, 7) is 0. The van der Waals surface area contributed by atoms with Crippen molar-refractivity contribution in [1.82, 2.24) is 14.7 Å². The molecule has 8 heteroatoms. The maximum absolute atomic E-state index is 12.1. The smallest absolute Gasteiger partial charge is 0.243 e. The first kappa shape index (κ1) is 13.6. The molecule has 1 saturated carbocycles. The molecule has 1 aromatic rings. The van der Waals surface area contributed by atoms with Crippen molar-refractivity contribution >= 4 is 27.7 Å². The zero-order valence-corrected chi connectivity index (χ0v) is 11.7. The Hall–Kier alpha value is -0.860. The van der Waals surface area contributed by atoms with Crippen molar-refractivity contribution in [1.29, 1.82) is 0 Å². The summed E-state index contributed by atoms with van der Waals surface area (Å²) >= 11 is 1.70. The molecule has 3 N–H and O–H groups in total. The summed E-state index contributed by atoms with van der Waals surface area (Å²) < 4.78 is 27.0. The van der Waals surface area contributed by atoms with Crippen LogP contribution >= 0.6 is 11.8 Å². The van der Waals surface area contributed by atoms with E-state index in [1.807, 2.05) is 6.26 Å². The molecule has 1 aliphatic carbocycles. The predicted molar refractivity (Wildman–Crippen MR) is 71.7 cm³/mol. The SMILES string of the molecule is CSC1CCCC1NS(=O)(=O)c1cnc(N)nc1. The molecule has 0 aliphatic heterocycles. The van der Waals surface area contributed by atoms with Crippen LogP contribution in [-0.4, -0.2) is 35.9 Å². The Morgan fingerprint density at radius 2 is 2.06 bits per heavy atom. The fourth-order valence-corrected chi connectivity index (χ4v) is 4.30. The Kier molecular flexibility index (Phi) is 4.08. The molecule has 1 heterocycles. The van der Waals surface area contributed by atoms with E-state index in [4.69, 9.17) is 5.73 Å². The van der Waals surface area contributed by atoms with Crippen LogP contribution in [0.4, 0.5) is 5.95 Å². The molecule has 6 nitrogen and oxygen atoms in total. The number of nitrogens with two attached hydrogens (primary N) is 1. The minimum Gasteiger partial charge on any atom is -0.368 e. The highest BCUT2D eigenvalue weighted by Gasteiger charge is 2.30. The molecule has 18 heavy (non-hydrogen) atoms. The molecule has 2 rings (SSSR count). The average molecular weight is 288 g/mol. The van der Waals surface area contributed by atoms with Gasteiger partial charge in [-0.05, 0) is 19.1 Å². The first-order valence-electron chi connectivity index (χ1n) is 5.65. The maximum Gasteiger partial charge on any atom is 0.243 e. The minimum absolute atomic E-state index is 0.0115. The Balaban J connectivity index is 2.14. The molecule has 0 bridgehead atoms. The summed E-state index contributed by atoms with van der Waals surface area (Å²) in [6, 6.07) is -0.0115. The maximum atomic E-state index is 12.1. The van der Waals surface area contributed by atoms with E-state index in [1.54, 1.807) is 11.8 Å². The van der Waals surface area contributed by atoms with Crippen LogP contribution in [0.2, 0.25) is 0 Å². The van der Waals surface area contributed by atoms with E-state index in [0.717, 1.165) is 19.3 Å². The summed E-state index contributed by atoms with van der Waals surface area (Å²) in [5.41, 5.74) is 5.34. The molecule has 0 amide bonds. The number of nitrogens with one attached hydrogen (secondary N) is 1. The van der Waals surface area contributed by atoms with Crippen LogP contribution in [0.5, 0.6) is 0 Å². The molecule has 0 saturated heterocycles. The third kappa shape index (κ3) is 2.93. The van der Waals surface area contributed by atoms with E-state index in [2.05, 4.69) is 14.7 Å². The number of nitrogens with zero attached hydrogens (tertiary/aromatic N) is 2. The lowest BCUT2D eigenvalue weighted by atomic mass is 10.3. The second-order valence-electron chi connectivity index (χ2n) is 4.21. The van der Waals surface area contributed by atoms with Gasteiger partial charge in [0.05, 0.1) is 12.4 Å². The Labute approximate surface area is 111 Å². The normalized spacial score (nSPS) is 24.3. The van der Waals surface area contributed by atoms with Gasteiger partial charge in [-0.15, -0.1) is 0 Å². The third-order valence-corrected chi connectivity index (χ3v) is 5.63. The Morgan fingerprint density at radius 1 is 1.39 bits per heavy atom. The number of rotatable bonds is 4. The number of hydrogen-bond donors (Lipinski definition) is 2. The number of aromatic nitrogens is 2. The van der Waals surface area contributed by atoms with E-state index in [1.165, 1.54) is 12.4 Å². The van der Waals surface area contributed by atoms with E-state index in [9.17, 15) is 8.42 Å². The van der Waals surface area contributed by atoms with E-state index < -0.39 is 10.0 Å². The molecule has 2 unspecified atom stereocenters. The molecule has 0 aromatic carbocycles. The Bertz CT molecular complexity index is 503. The van der Waals surface area contributed by atoms with Gasteiger partial charge in [0.25, 0.3) is 0 Å². The molecule has 1 fully saturated rings. The van der Waals surface area contributed by atoms with Crippen LogP contribution in [0.3, 0.4) is 0 Å². The van der Waals surface area contributed by atoms with Gasteiger partial charge < -0.3 is 5.73 Å². The lowest BCUT2D eigenvalue weighted by Gasteiger charge is -2.18. The fourth-order valence-electron chi connectivity index (χ4n) is 2.08. The van der Waals surface area contributed by atoms with Gasteiger partial charge in [-0.2, -0.15) is 11.8 Å². The predicted octanol–water partition coefficient (Wildman–Crippen LogP) is 0.621. The highest BCUT2D eigenvalue weighted by Crippen LogP contribution is 2.29. The topological polar surface area (TPSA) is 98.0 Å². The molecule has 2 atom stereocenters. The number of sulfonamides is 1. The largest absolute Gasteiger partial charge is 0.368 e. The number of thioether (sulfide) groups is 1. The second kappa shape index (κ2) is 5.41. The molecule has 100 valence electrons.